The van der Waals surface area contributed by atoms with Crippen LogP contribution in [-0.2, 0) is 19.1 Å². The fourth-order valence-corrected chi connectivity index (χ4v) is 17.0. The smallest absolute Gasteiger partial charge is 0.169 e. The van der Waals surface area contributed by atoms with E-state index in [-0.39, 0.29) is 71.1 Å². The van der Waals surface area contributed by atoms with Gasteiger partial charge in [0.1, 0.15) is 10.8 Å². The van der Waals surface area contributed by atoms with Crippen molar-refractivity contribution in [3.05, 3.63) is 24.3 Å². The number of carbonyl (C=O) groups is 2. The van der Waals surface area contributed by atoms with Gasteiger partial charge in [0, 0.05) is 11.8 Å². The predicted molar refractivity (Wildman–Crippen MR) is 125 cm³/mol. The normalized spacial score (nSPS) is 77.8. The van der Waals surface area contributed by atoms with Gasteiger partial charge in [-0.05, 0) is 84.9 Å². The predicted octanol–water partition coefficient (Wildman–Crippen LogP) is 2.61. The molecule has 9 saturated carbocycles. The van der Waals surface area contributed by atoms with Crippen molar-refractivity contribution in [3.63, 3.8) is 0 Å². The van der Waals surface area contributed by atoms with Crippen LogP contribution in [0.25, 0.3) is 0 Å². The highest BCUT2D eigenvalue weighted by molar-refractivity contribution is 6.05. The van der Waals surface area contributed by atoms with Crippen molar-refractivity contribution in [1.29, 1.82) is 10.5 Å². The van der Waals surface area contributed by atoms with Crippen molar-refractivity contribution in [2.24, 2.45) is 92.7 Å². The van der Waals surface area contributed by atoms with Gasteiger partial charge >= 0.3 is 0 Å². The summed E-state index contributed by atoms with van der Waals surface area (Å²) in [6.07, 6.45) is 12.8. The first-order valence-electron chi connectivity index (χ1n) is 15.2. The van der Waals surface area contributed by atoms with Crippen LogP contribution >= 0.6 is 0 Å². The Morgan fingerprint density at radius 3 is 2.08 bits per heavy atom. The zero-order valence-electron chi connectivity index (χ0n) is 20.7. The molecule has 6 nitrogen and oxygen atoms in total. The lowest BCUT2D eigenvalue weighted by Crippen LogP contribution is -2.87. The van der Waals surface area contributed by atoms with Crippen molar-refractivity contribution >= 4 is 11.6 Å². The van der Waals surface area contributed by atoms with E-state index < -0.39 is 32.9 Å². The Morgan fingerprint density at radius 1 is 0.711 bits per heavy atom. The topological polar surface area (TPSA) is 100 Å². The van der Waals surface area contributed by atoms with Crippen LogP contribution in [-0.4, -0.2) is 35.0 Å². The van der Waals surface area contributed by atoms with E-state index in [4.69, 9.17) is 9.47 Å². The average Bonchev–Trinajstić information content (AvgIpc) is 3.39. The molecule has 14 rings (SSSR count). The molecule has 2 heterocycles. The number of carbonyl (C=O) groups excluding carboxylic acids is 2. The zero-order chi connectivity index (χ0) is 24.7. The maximum atomic E-state index is 14.7. The number of fused-ring (bicyclic) bond motifs is 7. The highest BCUT2D eigenvalue weighted by Gasteiger charge is 3.04. The van der Waals surface area contributed by atoms with Crippen LogP contribution in [0.1, 0.15) is 25.7 Å². The number of ketones is 2. The summed E-state index contributed by atoms with van der Waals surface area (Å²) in [4.78, 5) is 29.3. The van der Waals surface area contributed by atoms with Gasteiger partial charge in [-0.15, -0.1) is 0 Å². The lowest BCUT2D eigenvalue weighted by atomic mass is 9.23. The van der Waals surface area contributed by atoms with Crippen molar-refractivity contribution in [3.8, 4) is 12.1 Å². The first kappa shape index (κ1) is 18.9. The van der Waals surface area contributed by atoms with Gasteiger partial charge in [0.05, 0.1) is 46.4 Å². The fraction of sp³-hybridized carbons (Fsp3) is 0.750. The van der Waals surface area contributed by atoms with E-state index in [0.717, 1.165) is 25.7 Å². The number of hydrogen-bond donors (Lipinski definition) is 0. The van der Waals surface area contributed by atoms with Gasteiger partial charge < -0.3 is 9.47 Å². The molecule has 38 heavy (non-hydrogen) atoms. The Kier molecular flexibility index (Phi) is 2.24. The highest BCUT2D eigenvalue weighted by Crippen LogP contribution is 2.96. The summed E-state index contributed by atoms with van der Waals surface area (Å²) in [5, 5.41) is 21.1. The third-order valence-corrected chi connectivity index (χ3v) is 16.7. The molecule has 2 aliphatic heterocycles. The van der Waals surface area contributed by atoms with Gasteiger partial charge in [-0.2, -0.15) is 10.5 Å². The van der Waals surface area contributed by atoms with E-state index in [1.165, 1.54) is 0 Å². The SMILES string of the molecule is N#C[C@@]12C(=O)[C@@]34[C@@H]5[C@H]6[C@@H](CC[C@@H]51)[C@@H]2O[C@]63[C@@H]1C=C[C@H]4[C@H]2C=C[C@]34C(=O)[C@]5(C#N)[C@H]6CC[C@@H]7[C@H]([C@H]63)[C@]4(O[C@@H]75)[C@H]21. The van der Waals surface area contributed by atoms with E-state index in [9.17, 15) is 20.1 Å². The summed E-state index contributed by atoms with van der Waals surface area (Å²) < 4.78 is 14.6. The van der Waals surface area contributed by atoms with Crippen LogP contribution in [0, 0.1) is 115 Å². The van der Waals surface area contributed by atoms with Crippen LogP contribution in [0.15, 0.2) is 24.3 Å². The van der Waals surface area contributed by atoms with Crippen LogP contribution in [0.2, 0.25) is 0 Å². The van der Waals surface area contributed by atoms with Crippen LogP contribution in [0.3, 0.4) is 0 Å². The molecule has 12 aliphatic carbocycles. The fourth-order valence-electron chi connectivity index (χ4n) is 17.0. The maximum absolute atomic E-state index is 14.7. The zero-order valence-corrected chi connectivity index (χ0v) is 20.7. The van der Waals surface area contributed by atoms with E-state index in [1.54, 1.807) is 0 Å². The Labute approximate surface area is 219 Å². The molecule has 14 aliphatic rings. The second kappa shape index (κ2) is 4.49. The molecule has 0 N–H and O–H groups in total. The second-order valence-corrected chi connectivity index (χ2v) is 15.7. The van der Waals surface area contributed by atoms with Gasteiger partial charge in [0.15, 0.2) is 11.6 Å². The number of rotatable bonds is 0. The number of ether oxygens (including phenoxy) is 2. The monoisotopic (exact) mass is 502 g/mol. The molecular weight excluding hydrogens is 476 g/mol. The Morgan fingerprint density at radius 2 is 1.34 bits per heavy atom. The molecule has 6 heteroatoms. The van der Waals surface area contributed by atoms with E-state index in [2.05, 4.69) is 36.4 Å². The summed E-state index contributed by atoms with van der Waals surface area (Å²) in [6, 6.07) is 5.18. The summed E-state index contributed by atoms with van der Waals surface area (Å²) >= 11 is 0. The maximum Gasteiger partial charge on any atom is 0.169 e. The summed E-state index contributed by atoms with van der Waals surface area (Å²) in [5.74, 6) is 2.81. The molecule has 188 valence electrons. The molecule has 0 unspecified atom stereocenters. The molecule has 20 atom stereocenters. The van der Waals surface area contributed by atoms with Crippen molar-refractivity contribution in [2.45, 2.75) is 49.1 Å². The first-order chi connectivity index (χ1) is 18.5. The minimum Gasteiger partial charge on any atom is -0.367 e. The highest BCUT2D eigenvalue weighted by atomic mass is 16.5. The lowest BCUT2D eigenvalue weighted by molar-refractivity contribution is -0.356. The molecular formula is C32H26N2O4. The molecule has 2 saturated heterocycles. The standard InChI is InChI=1S/C32H26N2O4/c33-9-27-15-3-1-12-19-21(15)29(25(27)35)8-7-11-14-5-6-17(18(11)32(19,29)38-23(12)27)31-20-13-2-4-16-22(20)30(14,31)26(36)28(16,10-34)24(13)37-31/h5-8,11-24H,1-4H2/t11-,12-,13-,14+,15+,16+,17-,18-,19-,20-,21+,22+,23+,24+,27-,28-,29-,30-,31-,32-/m1/s1. The summed E-state index contributed by atoms with van der Waals surface area (Å²) in [6.45, 7) is 0. The molecule has 0 aromatic carbocycles. The van der Waals surface area contributed by atoms with E-state index in [1.807, 2.05) is 0 Å². The molecule has 0 aromatic rings. The Balaban J connectivity index is 1.10. The van der Waals surface area contributed by atoms with Crippen LogP contribution in [0.5, 0.6) is 0 Å². The number of nitriles is 2. The van der Waals surface area contributed by atoms with Gasteiger partial charge in [-0.3, -0.25) is 9.59 Å². The molecule has 11 fully saturated rings. The van der Waals surface area contributed by atoms with Gasteiger partial charge in [-0.25, -0.2) is 0 Å². The van der Waals surface area contributed by atoms with Crippen LogP contribution < -0.4 is 0 Å². The molecule has 0 aromatic heterocycles. The largest absolute Gasteiger partial charge is 0.367 e. The second-order valence-electron chi connectivity index (χ2n) is 15.7. The van der Waals surface area contributed by atoms with Crippen molar-refractivity contribution in [1.82, 2.24) is 0 Å². The quantitative estimate of drug-likeness (QED) is 0.472. The van der Waals surface area contributed by atoms with Crippen molar-refractivity contribution < 1.29 is 19.1 Å². The van der Waals surface area contributed by atoms with E-state index >= 15 is 0 Å². The number of Topliss-reactive ketones (excluding diaryl/α,β-unsaturated/α-hetero) is 2. The third kappa shape index (κ3) is 1.04. The number of allylic oxidation sites excluding steroid dienone is 2. The Bertz CT molecular complexity index is 1620. The molecule has 0 radical (unpaired) electrons. The van der Waals surface area contributed by atoms with E-state index in [0.29, 0.717) is 23.7 Å². The van der Waals surface area contributed by atoms with Gasteiger partial charge in [0.2, 0.25) is 0 Å². The van der Waals surface area contributed by atoms with Gasteiger partial charge in [-0.1, -0.05) is 24.3 Å². The minimum absolute atomic E-state index is 0.0148. The molecule has 4 spiro atoms. The number of nitrogens with zero attached hydrogens (tertiary/aromatic N) is 2. The van der Waals surface area contributed by atoms with Gasteiger partial charge in [0.25, 0.3) is 0 Å². The third-order valence-electron chi connectivity index (χ3n) is 16.7. The minimum atomic E-state index is -0.957. The summed E-state index contributed by atoms with van der Waals surface area (Å²) in [7, 11) is 0. The van der Waals surface area contributed by atoms with Crippen molar-refractivity contribution in [2.75, 3.05) is 0 Å². The lowest BCUT2D eigenvalue weighted by Gasteiger charge is -2.80. The number of hydrogen-bond acceptors (Lipinski definition) is 6. The first-order valence-corrected chi connectivity index (χ1v) is 15.2. The Hall–Kier alpha value is -2.28. The average molecular weight is 503 g/mol. The van der Waals surface area contributed by atoms with Crippen LogP contribution in [0.4, 0.5) is 0 Å². The summed E-state index contributed by atoms with van der Waals surface area (Å²) in [5.41, 5.74) is -4.22. The molecule has 0 amide bonds. The molecule has 8 bridgehead atoms.